The summed E-state index contributed by atoms with van der Waals surface area (Å²) in [5, 5.41) is 7.09. The Bertz CT molecular complexity index is 981. The van der Waals surface area contributed by atoms with Crippen LogP contribution in [-0.2, 0) is 14.3 Å². The number of furan rings is 1. The molecule has 0 unspecified atom stereocenters. The number of amides is 2. The van der Waals surface area contributed by atoms with E-state index in [-0.39, 0.29) is 12.6 Å². The Labute approximate surface area is 161 Å². The zero-order valence-corrected chi connectivity index (χ0v) is 15.3. The Balaban J connectivity index is 1.43. The third-order valence-corrected chi connectivity index (χ3v) is 4.12. The Morgan fingerprint density at radius 1 is 1.04 bits per heavy atom. The molecular weight excluding hydrogens is 360 g/mol. The van der Waals surface area contributed by atoms with Crippen LogP contribution >= 0.6 is 0 Å². The molecule has 7 heteroatoms. The summed E-state index contributed by atoms with van der Waals surface area (Å²) in [5.74, 6) is -0.950. The fourth-order valence-corrected chi connectivity index (χ4v) is 2.67. The standard InChI is InChI=1S/C21H20N2O5/c1-14(18-7-4-10-27-18)23-19(24)13-28-20(25)12-22-21(26)17-9-8-15-5-2-3-6-16(15)11-17/h2-11,14H,12-13H2,1H3,(H,22,26)(H,23,24)/t14-/m0/s1. The summed E-state index contributed by atoms with van der Waals surface area (Å²) < 4.78 is 10.1. The Kier molecular flexibility index (Phi) is 6.06. The van der Waals surface area contributed by atoms with Crippen molar-refractivity contribution < 1.29 is 23.5 Å². The van der Waals surface area contributed by atoms with Crippen molar-refractivity contribution in [3.63, 3.8) is 0 Å². The van der Waals surface area contributed by atoms with Crippen LogP contribution in [0.2, 0.25) is 0 Å². The number of ether oxygens (including phenoxy) is 1. The average molecular weight is 380 g/mol. The molecule has 1 aromatic heterocycles. The molecule has 0 bridgehead atoms. The Morgan fingerprint density at radius 3 is 2.57 bits per heavy atom. The van der Waals surface area contributed by atoms with Crippen molar-refractivity contribution in [1.82, 2.24) is 10.6 Å². The van der Waals surface area contributed by atoms with Crippen LogP contribution in [0, 0.1) is 0 Å². The highest BCUT2D eigenvalue weighted by Crippen LogP contribution is 2.15. The number of carbonyl (C=O) groups excluding carboxylic acids is 3. The second-order valence-electron chi connectivity index (χ2n) is 6.21. The van der Waals surface area contributed by atoms with Gasteiger partial charge in [-0.1, -0.05) is 30.3 Å². The minimum absolute atomic E-state index is 0.327. The molecule has 1 heterocycles. The molecule has 0 fully saturated rings. The summed E-state index contributed by atoms with van der Waals surface area (Å²) in [6.45, 7) is 0.991. The van der Waals surface area contributed by atoms with E-state index in [0.717, 1.165) is 10.8 Å². The van der Waals surface area contributed by atoms with Gasteiger partial charge in [-0.25, -0.2) is 0 Å². The van der Waals surface area contributed by atoms with Crippen molar-refractivity contribution in [3.05, 3.63) is 72.2 Å². The van der Waals surface area contributed by atoms with Crippen molar-refractivity contribution in [2.75, 3.05) is 13.2 Å². The monoisotopic (exact) mass is 380 g/mol. The van der Waals surface area contributed by atoms with Crippen LogP contribution in [-0.4, -0.2) is 30.9 Å². The quantitative estimate of drug-likeness (QED) is 0.614. The molecule has 0 aliphatic carbocycles. The van der Waals surface area contributed by atoms with Crippen LogP contribution in [0.1, 0.15) is 29.1 Å². The van der Waals surface area contributed by atoms with Crippen LogP contribution in [0.3, 0.4) is 0 Å². The van der Waals surface area contributed by atoms with Gasteiger partial charge in [0.25, 0.3) is 11.8 Å². The van der Waals surface area contributed by atoms with Gasteiger partial charge >= 0.3 is 5.97 Å². The molecule has 3 rings (SSSR count). The highest BCUT2D eigenvalue weighted by molar-refractivity contribution is 5.99. The van der Waals surface area contributed by atoms with E-state index < -0.39 is 24.4 Å². The molecule has 0 aliphatic rings. The molecule has 3 aromatic rings. The SMILES string of the molecule is C[C@H](NC(=O)COC(=O)CNC(=O)c1ccc2ccccc2c1)c1ccco1. The van der Waals surface area contributed by atoms with Crippen molar-refractivity contribution >= 4 is 28.6 Å². The van der Waals surface area contributed by atoms with Crippen LogP contribution in [0.4, 0.5) is 0 Å². The van der Waals surface area contributed by atoms with Gasteiger partial charge < -0.3 is 19.8 Å². The summed E-state index contributed by atoms with van der Waals surface area (Å²) in [6.07, 6.45) is 1.51. The lowest BCUT2D eigenvalue weighted by Gasteiger charge is -2.11. The zero-order valence-electron chi connectivity index (χ0n) is 15.3. The third-order valence-electron chi connectivity index (χ3n) is 4.12. The van der Waals surface area contributed by atoms with Gasteiger partial charge in [-0.3, -0.25) is 14.4 Å². The first-order valence-corrected chi connectivity index (χ1v) is 8.78. The van der Waals surface area contributed by atoms with Gasteiger partial charge in [0.1, 0.15) is 12.3 Å². The van der Waals surface area contributed by atoms with Gasteiger partial charge in [-0.2, -0.15) is 0 Å². The van der Waals surface area contributed by atoms with Crippen molar-refractivity contribution in [1.29, 1.82) is 0 Å². The number of esters is 1. The molecule has 0 aliphatic heterocycles. The minimum Gasteiger partial charge on any atom is -0.467 e. The van der Waals surface area contributed by atoms with E-state index in [1.165, 1.54) is 6.26 Å². The van der Waals surface area contributed by atoms with E-state index in [0.29, 0.717) is 11.3 Å². The van der Waals surface area contributed by atoms with Gasteiger partial charge in [-0.15, -0.1) is 0 Å². The summed E-state index contributed by atoms with van der Waals surface area (Å²) in [5.41, 5.74) is 0.441. The molecule has 2 amide bonds. The lowest BCUT2D eigenvalue weighted by atomic mass is 10.1. The number of rotatable bonds is 7. The molecular formula is C21H20N2O5. The maximum Gasteiger partial charge on any atom is 0.325 e. The van der Waals surface area contributed by atoms with Crippen molar-refractivity contribution in [3.8, 4) is 0 Å². The molecule has 0 saturated heterocycles. The maximum absolute atomic E-state index is 12.2. The summed E-state index contributed by atoms with van der Waals surface area (Å²) in [7, 11) is 0. The number of hydrogen-bond acceptors (Lipinski definition) is 5. The molecule has 0 radical (unpaired) electrons. The summed E-state index contributed by atoms with van der Waals surface area (Å²) >= 11 is 0. The second-order valence-corrected chi connectivity index (χ2v) is 6.21. The van der Waals surface area contributed by atoms with Crippen molar-refractivity contribution in [2.24, 2.45) is 0 Å². The average Bonchev–Trinajstić information content (AvgIpc) is 3.25. The second kappa shape index (κ2) is 8.85. The number of fused-ring (bicyclic) bond motifs is 1. The molecule has 144 valence electrons. The first-order chi connectivity index (χ1) is 13.5. The normalized spacial score (nSPS) is 11.6. The molecule has 1 atom stereocenters. The summed E-state index contributed by atoms with van der Waals surface area (Å²) in [4.78, 5) is 35.8. The highest BCUT2D eigenvalue weighted by Gasteiger charge is 2.14. The molecule has 2 aromatic carbocycles. The van der Waals surface area contributed by atoms with E-state index >= 15 is 0 Å². The zero-order chi connectivity index (χ0) is 19.9. The molecule has 0 spiro atoms. The predicted octanol–water partition coefficient (Wildman–Crippen LogP) is 2.58. The number of benzene rings is 2. The van der Waals surface area contributed by atoms with Crippen LogP contribution in [0.5, 0.6) is 0 Å². The Morgan fingerprint density at radius 2 is 1.82 bits per heavy atom. The molecule has 7 nitrogen and oxygen atoms in total. The van der Waals surface area contributed by atoms with E-state index in [4.69, 9.17) is 9.15 Å². The molecule has 28 heavy (non-hydrogen) atoms. The lowest BCUT2D eigenvalue weighted by molar-refractivity contribution is -0.147. The molecule has 0 saturated carbocycles. The van der Waals surface area contributed by atoms with Crippen molar-refractivity contribution in [2.45, 2.75) is 13.0 Å². The van der Waals surface area contributed by atoms with Crippen LogP contribution < -0.4 is 10.6 Å². The maximum atomic E-state index is 12.2. The van der Waals surface area contributed by atoms with E-state index in [2.05, 4.69) is 10.6 Å². The van der Waals surface area contributed by atoms with E-state index in [1.807, 2.05) is 30.3 Å². The Hall–Kier alpha value is -3.61. The smallest absolute Gasteiger partial charge is 0.325 e. The molecule has 2 N–H and O–H groups in total. The van der Waals surface area contributed by atoms with Crippen LogP contribution in [0.25, 0.3) is 10.8 Å². The van der Waals surface area contributed by atoms with Gasteiger partial charge in [0, 0.05) is 5.56 Å². The number of nitrogens with one attached hydrogen (secondary N) is 2. The number of carbonyl (C=O) groups is 3. The van der Waals surface area contributed by atoms with Gasteiger partial charge in [0.05, 0.1) is 12.3 Å². The van der Waals surface area contributed by atoms with Crippen LogP contribution in [0.15, 0.2) is 65.3 Å². The van der Waals surface area contributed by atoms with Gasteiger partial charge in [0.2, 0.25) is 0 Å². The van der Waals surface area contributed by atoms with E-state index in [1.54, 1.807) is 31.2 Å². The van der Waals surface area contributed by atoms with E-state index in [9.17, 15) is 14.4 Å². The highest BCUT2D eigenvalue weighted by atomic mass is 16.5. The van der Waals surface area contributed by atoms with Gasteiger partial charge in [-0.05, 0) is 42.0 Å². The third kappa shape index (κ3) is 4.97. The first-order valence-electron chi connectivity index (χ1n) is 8.78. The topological polar surface area (TPSA) is 97.6 Å². The minimum atomic E-state index is -0.699. The predicted molar refractivity (Wildman–Crippen MR) is 103 cm³/mol. The van der Waals surface area contributed by atoms with Gasteiger partial charge in [0.15, 0.2) is 6.61 Å². The summed E-state index contributed by atoms with van der Waals surface area (Å²) in [6, 6.07) is 16.1. The number of hydrogen-bond donors (Lipinski definition) is 2. The largest absolute Gasteiger partial charge is 0.467 e. The fourth-order valence-electron chi connectivity index (χ4n) is 2.67. The first kappa shape index (κ1) is 19.2. The fraction of sp³-hybridized carbons (Fsp3) is 0.190. The lowest BCUT2D eigenvalue weighted by Crippen LogP contribution is -2.34.